The molecule has 1 atom stereocenters. The van der Waals surface area contributed by atoms with Gasteiger partial charge in [-0.05, 0) is 68.4 Å². The summed E-state index contributed by atoms with van der Waals surface area (Å²) >= 11 is 0. The van der Waals surface area contributed by atoms with Crippen LogP contribution in [-0.2, 0) is 22.6 Å². The Balaban J connectivity index is 2.23. The minimum absolute atomic E-state index is 0.0355. The number of aryl methyl sites for hydroxylation is 2. The molecule has 6 heteroatoms. The summed E-state index contributed by atoms with van der Waals surface area (Å²) in [6, 6.07) is 13.3. The molecule has 6 nitrogen and oxygen atoms in total. The maximum atomic E-state index is 13.5. The number of nitrogens with one attached hydrogen (secondary N) is 1. The average Bonchev–Trinajstić information content (AvgIpc) is 2.84. The van der Waals surface area contributed by atoms with E-state index in [0.29, 0.717) is 63.0 Å². The van der Waals surface area contributed by atoms with Gasteiger partial charge in [0.2, 0.25) is 11.8 Å². The number of carbonyl (C=O) groups is 2. The van der Waals surface area contributed by atoms with Crippen LogP contribution in [0, 0.1) is 12.8 Å². The van der Waals surface area contributed by atoms with Crippen LogP contribution < -0.4 is 14.8 Å². The zero-order chi connectivity index (χ0) is 25.8. The molecular formula is C29H42N2O4. The van der Waals surface area contributed by atoms with Crippen LogP contribution >= 0.6 is 0 Å². The number of rotatable bonds is 14. The number of amides is 2. The maximum absolute atomic E-state index is 13.5. The van der Waals surface area contributed by atoms with Gasteiger partial charge in [-0.3, -0.25) is 9.59 Å². The van der Waals surface area contributed by atoms with Crippen LogP contribution in [0.2, 0.25) is 0 Å². The van der Waals surface area contributed by atoms with Crippen LogP contribution in [0.5, 0.6) is 11.5 Å². The molecule has 0 saturated carbocycles. The third-order valence-corrected chi connectivity index (χ3v) is 5.91. The third kappa shape index (κ3) is 8.61. The van der Waals surface area contributed by atoms with E-state index < -0.39 is 6.04 Å². The van der Waals surface area contributed by atoms with E-state index >= 15 is 0 Å². The summed E-state index contributed by atoms with van der Waals surface area (Å²) in [5.74, 6) is 1.61. The number of nitrogens with zero attached hydrogens (tertiary/aromatic N) is 1. The van der Waals surface area contributed by atoms with Gasteiger partial charge in [0.05, 0.1) is 13.2 Å². The number of ether oxygens (including phenoxy) is 2. The van der Waals surface area contributed by atoms with E-state index in [1.165, 1.54) is 0 Å². The Morgan fingerprint density at radius 3 is 2.29 bits per heavy atom. The van der Waals surface area contributed by atoms with Crippen LogP contribution in [0.3, 0.4) is 0 Å². The van der Waals surface area contributed by atoms with Crippen LogP contribution in [0.1, 0.15) is 64.2 Å². The summed E-state index contributed by atoms with van der Waals surface area (Å²) < 4.78 is 11.4. The number of carbonyl (C=O) groups excluding carboxylic acids is 2. The quantitative estimate of drug-likeness (QED) is 0.397. The molecule has 1 unspecified atom stereocenters. The second-order valence-electron chi connectivity index (χ2n) is 9.16. The average molecular weight is 483 g/mol. The van der Waals surface area contributed by atoms with E-state index in [4.69, 9.17) is 9.47 Å². The van der Waals surface area contributed by atoms with Gasteiger partial charge in [-0.1, -0.05) is 51.1 Å². The lowest BCUT2D eigenvalue weighted by molar-refractivity contribution is -0.141. The van der Waals surface area contributed by atoms with E-state index in [2.05, 4.69) is 19.2 Å². The number of hydrogen-bond donors (Lipinski definition) is 1. The molecule has 0 radical (unpaired) electrons. The van der Waals surface area contributed by atoms with Crippen molar-refractivity contribution in [3.63, 3.8) is 0 Å². The van der Waals surface area contributed by atoms with Crippen molar-refractivity contribution in [1.29, 1.82) is 0 Å². The molecular weight excluding hydrogens is 440 g/mol. The van der Waals surface area contributed by atoms with E-state index in [1.807, 2.05) is 70.2 Å². The fourth-order valence-corrected chi connectivity index (χ4v) is 3.96. The van der Waals surface area contributed by atoms with E-state index in [9.17, 15) is 9.59 Å². The van der Waals surface area contributed by atoms with E-state index in [-0.39, 0.29) is 11.8 Å². The second kappa shape index (κ2) is 14.4. The lowest BCUT2D eigenvalue weighted by Crippen LogP contribution is -2.49. The molecule has 0 aliphatic heterocycles. The second-order valence-corrected chi connectivity index (χ2v) is 9.16. The van der Waals surface area contributed by atoms with Gasteiger partial charge in [-0.15, -0.1) is 0 Å². The summed E-state index contributed by atoms with van der Waals surface area (Å²) in [5.41, 5.74) is 3.16. The highest BCUT2D eigenvalue weighted by Crippen LogP contribution is 2.29. The predicted octanol–water partition coefficient (Wildman–Crippen LogP) is 5.30. The Morgan fingerprint density at radius 1 is 0.971 bits per heavy atom. The zero-order valence-corrected chi connectivity index (χ0v) is 22.2. The minimum Gasteiger partial charge on any atom is -0.490 e. The molecule has 0 aliphatic rings. The van der Waals surface area contributed by atoms with Crippen molar-refractivity contribution in [2.45, 2.75) is 73.4 Å². The summed E-state index contributed by atoms with van der Waals surface area (Å²) in [7, 11) is 0. The predicted molar refractivity (Wildman–Crippen MR) is 141 cm³/mol. The molecule has 0 saturated heterocycles. The first-order chi connectivity index (χ1) is 16.8. The molecule has 2 aromatic carbocycles. The Bertz CT molecular complexity index is 957. The molecule has 0 bridgehead atoms. The summed E-state index contributed by atoms with van der Waals surface area (Å²) in [5, 5.41) is 3.02. The van der Waals surface area contributed by atoms with Gasteiger partial charge in [0.25, 0.3) is 0 Å². The Labute approximate surface area is 211 Å². The molecule has 0 fully saturated rings. The van der Waals surface area contributed by atoms with Crippen LogP contribution in [0.4, 0.5) is 0 Å². The standard InChI is InChI=1S/C29H42N2O4/c1-7-25(29(33)30-19-21(4)5)31(20-24-13-11-10-12-22(24)6)28(32)17-15-23-14-16-26(34-8-2)27(18-23)35-9-3/h10-14,16,18,21,25H,7-9,15,17,19-20H2,1-6H3,(H,30,33). The minimum atomic E-state index is -0.514. The molecule has 2 aromatic rings. The maximum Gasteiger partial charge on any atom is 0.242 e. The van der Waals surface area contributed by atoms with Crippen molar-refractivity contribution < 1.29 is 19.1 Å². The highest BCUT2D eigenvalue weighted by molar-refractivity contribution is 5.87. The van der Waals surface area contributed by atoms with Gasteiger partial charge >= 0.3 is 0 Å². The SMILES string of the molecule is CCOc1ccc(CCC(=O)N(Cc2ccccc2C)C(CC)C(=O)NCC(C)C)cc1OCC. The van der Waals surface area contributed by atoms with Crippen molar-refractivity contribution in [2.75, 3.05) is 19.8 Å². The smallest absolute Gasteiger partial charge is 0.242 e. The van der Waals surface area contributed by atoms with E-state index in [1.54, 1.807) is 4.90 Å². The normalized spacial score (nSPS) is 11.7. The van der Waals surface area contributed by atoms with Gasteiger partial charge in [0, 0.05) is 19.5 Å². The van der Waals surface area contributed by atoms with Crippen molar-refractivity contribution >= 4 is 11.8 Å². The van der Waals surface area contributed by atoms with Crippen molar-refractivity contribution in [3.8, 4) is 11.5 Å². The molecule has 0 heterocycles. The Hall–Kier alpha value is -3.02. The van der Waals surface area contributed by atoms with Gasteiger partial charge < -0.3 is 19.7 Å². The molecule has 192 valence electrons. The van der Waals surface area contributed by atoms with Crippen molar-refractivity contribution in [3.05, 3.63) is 59.2 Å². The lowest BCUT2D eigenvalue weighted by atomic mass is 10.0. The zero-order valence-electron chi connectivity index (χ0n) is 22.2. The molecule has 35 heavy (non-hydrogen) atoms. The molecule has 1 N–H and O–H groups in total. The summed E-state index contributed by atoms with van der Waals surface area (Å²) in [6.07, 6.45) is 1.41. The van der Waals surface area contributed by atoms with Gasteiger partial charge in [-0.2, -0.15) is 0 Å². The number of benzene rings is 2. The highest BCUT2D eigenvalue weighted by atomic mass is 16.5. The highest BCUT2D eigenvalue weighted by Gasteiger charge is 2.28. The molecule has 2 amide bonds. The monoisotopic (exact) mass is 482 g/mol. The largest absolute Gasteiger partial charge is 0.490 e. The van der Waals surface area contributed by atoms with Gasteiger partial charge in [0.1, 0.15) is 6.04 Å². The first kappa shape index (κ1) is 28.2. The van der Waals surface area contributed by atoms with E-state index in [0.717, 1.165) is 16.7 Å². The molecule has 0 aromatic heterocycles. The van der Waals surface area contributed by atoms with Crippen LogP contribution in [0.15, 0.2) is 42.5 Å². The van der Waals surface area contributed by atoms with Crippen LogP contribution in [-0.4, -0.2) is 42.5 Å². The van der Waals surface area contributed by atoms with Gasteiger partial charge in [-0.25, -0.2) is 0 Å². The summed E-state index contributed by atoms with van der Waals surface area (Å²) in [4.78, 5) is 28.3. The van der Waals surface area contributed by atoms with Crippen molar-refractivity contribution in [1.82, 2.24) is 10.2 Å². The van der Waals surface area contributed by atoms with Crippen LogP contribution in [0.25, 0.3) is 0 Å². The number of hydrogen-bond acceptors (Lipinski definition) is 4. The molecule has 2 rings (SSSR count). The Morgan fingerprint density at radius 2 is 1.66 bits per heavy atom. The lowest BCUT2D eigenvalue weighted by Gasteiger charge is -2.31. The summed E-state index contributed by atoms with van der Waals surface area (Å²) in [6.45, 7) is 14.1. The van der Waals surface area contributed by atoms with Crippen molar-refractivity contribution in [2.24, 2.45) is 5.92 Å². The topological polar surface area (TPSA) is 67.9 Å². The fourth-order valence-electron chi connectivity index (χ4n) is 3.96. The van der Waals surface area contributed by atoms with Gasteiger partial charge in [0.15, 0.2) is 11.5 Å². The Kier molecular flexibility index (Phi) is 11.6. The molecule has 0 aliphatic carbocycles. The third-order valence-electron chi connectivity index (χ3n) is 5.91. The first-order valence-corrected chi connectivity index (χ1v) is 12.8. The fraction of sp³-hybridized carbons (Fsp3) is 0.517. The molecule has 0 spiro atoms. The first-order valence-electron chi connectivity index (χ1n) is 12.8.